The van der Waals surface area contributed by atoms with Crippen LogP contribution in [0.2, 0.25) is 0 Å². The zero-order valence-corrected chi connectivity index (χ0v) is 16.4. The van der Waals surface area contributed by atoms with Crippen molar-refractivity contribution in [2.24, 2.45) is 10.2 Å². The van der Waals surface area contributed by atoms with Crippen LogP contribution in [-0.2, 0) is 4.79 Å². The minimum absolute atomic E-state index is 0.0229. The van der Waals surface area contributed by atoms with Crippen LogP contribution >= 0.6 is 0 Å². The van der Waals surface area contributed by atoms with Crippen molar-refractivity contribution in [3.05, 3.63) is 65.7 Å². The summed E-state index contributed by atoms with van der Waals surface area (Å²) in [4.78, 5) is 35.8. The van der Waals surface area contributed by atoms with E-state index in [1.165, 1.54) is 12.1 Å². The number of azo groups is 1. The molecule has 0 aliphatic rings. The van der Waals surface area contributed by atoms with Crippen molar-refractivity contribution in [2.75, 3.05) is 6.54 Å². The minimum atomic E-state index is -1.15. The molecule has 7 nitrogen and oxygen atoms in total. The molecule has 7 heteroatoms. The number of nitrogens with zero attached hydrogens (tertiary/aromatic N) is 2. The molecule has 29 heavy (non-hydrogen) atoms. The fourth-order valence-corrected chi connectivity index (χ4v) is 2.79. The molecule has 0 bridgehead atoms. The maximum Gasteiger partial charge on any atom is 0.336 e. The van der Waals surface area contributed by atoms with Gasteiger partial charge in [0.1, 0.15) is 6.04 Å². The van der Waals surface area contributed by atoms with E-state index in [0.717, 1.165) is 6.42 Å². The fourth-order valence-electron chi connectivity index (χ4n) is 2.79. The van der Waals surface area contributed by atoms with Crippen LogP contribution < -0.4 is 5.32 Å². The first-order valence-corrected chi connectivity index (χ1v) is 9.62. The van der Waals surface area contributed by atoms with E-state index in [1.807, 2.05) is 37.3 Å². The number of amides is 1. The van der Waals surface area contributed by atoms with Crippen LogP contribution in [0.25, 0.3) is 0 Å². The van der Waals surface area contributed by atoms with E-state index in [0.29, 0.717) is 31.5 Å². The molecule has 0 aliphatic heterocycles. The number of Topliss-reactive ketones (excluding diaryl/α,β-unsaturated/α-hetero) is 1. The van der Waals surface area contributed by atoms with Crippen LogP contribution in [0.15, 0.2) is 64.8 Å². The first-order chi connectivity index (χ1) is 14.0. The highest BCUT2D eigenvalue weighted by atomic mass is 16.4. The van der Waals surface area contributed by atoms with Crippen molar-refractivity contribution in [3.63, 3.8) is 0 Å². The van der Waals surface area contributed by atoms with Crippen molar-refractivity contribution < 1.29 is 19.5 Å². The van der Waals surface area contributed by atoms with Crippen LogP contribution in [0.3, 0.4) is 0 Å². The predicted molar refractivity (Wildman–Crippen MR) is 110 cm³/mol. The second-order valence-electron chi connectivity index (χ2n) is 6.53. The summed E-state index contributed by atoms with van der Waals surface area (Å²) < 4.78 is 0. The Morgan fingerprint density at radius 1 is 1.00 bits per heavy atom. The standard InChI is InChI=1S/C22H25N3O4/c1-2-9-20(26)19(25-24-16-10-4-3-5-11-16)14-8-15-23-21(27)17-12-6-7-13-18(17)22(28)29/h3-7,10-13,19H,2,8-9,14-15H2,1H3,(H,23,27)(H,28,29). The van der Waals surface area contributed by atoms with E-state index < -0.39 is 17.9 Å². The number of rotatable bonds is 11. The van der Waals surface area contributed by atoms with Gasteiger partial charge in [-0.3, -0.25) is 9.59 Å². The number of benzene rings is 2. The summed E-state index contributed by atoms with van der Waals surface area (Å²) in [6.07, 6.45) is 2.14. The minimum Gasteiger partial charge on any atom is -0.478 e. The molecule has 2 aromatic carbocycles. The second kappa shape index (κ2) is 11.5. The molecule has 1 atom stereocenters. The number of aromatic carboxylic acids is 1. The summed E-state index contributed by atoms with van der Waals surface area (Å²) in [6, 6.07) is 14.7. The van der Waals surface area contributed by atoms with E-state index in [1.54, 1.807) is 12.1 Å². The Bertz CT molecular complexity index is 865. The number of hydrogen-bond donors (Lipinski definition) is 2. The lowest BCUT2D eigenvalue weighted by Crippen LogP contribution is -2.27. The third-order valence-corrected chi connectivity index (χ3v) is 4.28. The van der Waals surface area contributed by atoms with E-state index >= 15 is 0 Å². The third-order valence-electron chi connectivity index (χ3n) is 4.28. The molecule has 0 fully saturated rings. The second-order valence-corrected chi connectivity index (χ2v) is 6.53. The number of carbonyl (C=O) groups excluding carboxylic acids is 2. The van der Waals surface area contributed by atoms with Gasteiger partial charge in [0.05, 0.1) is 16.8 Å². The Kier molecular flexibility index (Phi) is 8.69. The number of hydrogen-bond acceptors (Lipinski definition) is 5. The SMILES string of the molecule is CCCC(=O)C(CCCNC(=O)c1ccccc1C(=O)O)N=Nc1ccccc1. The average Bonchev–Trinajstić information content (AvgIpc) is 2.73. The van der Waals surface area contributed by atoms with Crippen LogP contribution in [-0.4, -0.2) is 35.4 Å². The van der Waals surface area contributed by atoms with Gasteiger partial charge in [-0.15, -0.1) is 0 Å². The Balaban J connectivity index is 1.92. The van der Waals surface area contributed by atoms with Gasteiger partial charge in [0.2, 0.25) is 0 Å². The fraction of sp³-hybridized carbons (Fsp3) is 0.318. The van der Waals surface area contributed by atoms with Crippen LogP contribution in [0.4, 0.5) is 5.69 Å². The van der Waals surface area contributed by atoms with Crippen LogP contribution in [0.1, 0.15) is 53.3 Å². The molecule has 2 rings (SSSR count). The number of carboxylic acid groups (broad SMARTS) is 1. The molecule has 0 saturated carbocycles. The molecule has 1 unspecified atom stereocenters. The number of ketones is 1. The molecule has 0 aromatic heterocycles. The lowest BCUT2D eigenvalue weighted by atomic mass is 10.0. The lowest BCUT2D eigenvalue weighted by Gasteiger charge is -2.11. The van der Waals surface area contributed by atoms with Gasteiger partial charge in [0.25, 0.3) is 5.91 Å². The van der Waals surface area contributed by atoms with E-state index in [-0.39, 0.29) is 16.9 Å². The molecule has 1 amide bonds. The highest BCUT2D eigenvalue weighted by molar-refractivity contribution is 6.04. The van der Waals surface area contributed by atoms with Gasteiger partial charge in [-0.1, -0.05) is 37.3 Å². The van der Waals surface area contributed by atoms with Gasteiger partial charge in [0, 0.05) is 13.0 Å². The molecule has 2 aromatic rings. The largest absolute Gasteiger partial charge is 0.478 e. The summed E-state index contributed by atoms with van der Waals surface area (Å²) in [5.41, 5.74) is 0.750. The van der Waals surface area contributed by atoms with Gasteiger partial charge in [-0.2, -0.15) is 10.2 Å². The molecule has 152 valence electrons. The van der Waals surface area contributed by atoms with E-state index in [2.05, 4.69) is 15.5 Å². The van der Waals surface area contributed by atoms with E-state index in [9.17, 15) is 19.5 Å². The molecular formula is C22H25N3O4. The number of carboxylic acids is 1. The summed E-state index contributed by atoms with van der Waals surface area (Å²) in [5.74, 6) is -1.58. The topological polar surface area (TPSA) is 108 Å². The molecule has 2 N–H and O–H groups in total. The Morgan fingerprint density at radius 3 is 2.31 bits per heavy atom. The smallest absolute Gasteiger partial charge is 0.336 e. The Labute approximate surface area is 169 Å². The average molecular weight is 395 g/mol. The molecule has 0 aliphatic carbocycles. The molecule has 0 heterocycles. The highest BCUT2D eigenvalue weighted by Crippen LogP contribution is 2.15. The zero-order valence-electron chi connectivity index (χ0n) is 16.4. The highest BCUT2D eigenvalue weighted by Gasteiger charge is 2.18. The lowest BCUT2D eigenvalue weighted by molar-refractivity contribution is -0.120. The molecule has 0 radical (unpaired) electrons. The monoisotopic (exact) mass is 395 g/mol. The van der Waals surface area contributed by atoms with Crippen LogP contribution in [0.5, 0.6) is 0 Å². The summed E-state index contributed by atoms with van der Waals surface area (Å²) in [5, 5.41) is 20.3. The Morgan fingerprint density at radius 2 is 1.66 bits per heavy atom. The first kappa shape index (κ1) is 21.9. The van der Waals surface area contributed by atoms with Gasteiger partial charge < -0.3 is 10.4 Å². The predicted octanol–water partition coefficient (Wildman–Crippen LogP) is 4.42. The van der Waals surface area contributed by atoms with Crippen molar-refractivity contribution in [1.29, 1.82) is 0 Å². The normalized spacial score (nSPS) is 11.9. The first-order valence-electron chi connectivity index (χ1n) is 9.62. The van der Waals surface area contributed by atoms with Crippen molar-refractivity contribution in [1.82, 2.24) is 5.32 Å². The van der Waals surface area contributed by atoms with Crippen molar-refractivity contribution >= 4 is 23.3 Å². The van der Waals surface area contributed by atoms with E-state index in [4.69, 9.17) is 0 Å². The van der Waals surface area contributed by atoms with Gasteiger partial charge >= 0.3 is 5.97 Å². The Hall–Kier alpha value is -3.35. The van der Waals surface area contributed by atoms with Gasteiger partial charge in [-0.25, -0.2) is 4.79 Å². The summed E-state index contributed by atoms with van der Waals surface area (Å²) >= 11 is 0. The molecule has 0 spiro atoms. The molecular weight excluding hydrogens is 370 g/mol. The maximum absolute atomic E-state index is 12.3. The zero-order chi connectivity index (χ0) is 21.1. The van der Waals surface area contributed by atoms with Crippen molar-refractivity contribution in [2.45, 2.75) is 38.6 Å². The number of carbonyl (C=O) groups is 3. The van der Waals surface area contributed by atoms with Gasteiger partial charge in [-0.05, 0) is 43.5 Å². The quantitative estimate of drug-likeness (QED) is 0.434. The van der Waals surface area contributed by atoms with Gasteiger partial charge in [0.15, 0.2) is 5.78 Å². The molecule has 0 saturated heterocycles. The third kappa shape index (κ3) is 6.95. The van der Waals surface area contributed by atoms with Crippen molar-refractivity contribution in [3.8, 4) is 0 Å². The van der Waals surface area contributed by atoms with Crippen LogP contribution in [0, 0.1) is 0 Å². The number of nitrogens with one attached hydrogen (secondary N) is 1. The summed E-state index contributed by atoms with van der Waals surface area (Å²) in [7, 11) is 0. The summed E-state index contributed by atoms with van der Waals surface area (Å²) in [6.45, 7) is 2.24. The maximum atomic E-state index is 12.3.